The van der Waals surface area contributed by atoms with E-state index in [4.69, 9.17) is 0 Å². The summed E-state index contributed by atoms with van der Waals surface area (Å²) in [5.41, 5.74) is 2.44. The predicted octanol–water partition coefficient (Wildman–Crippen LogP) is 3.96. The summed E-state index contributed by atoms with van der Waals surface area (Å²) in [6, 6.07) is 12.7. The van der Waals surface area contributed by atoms with Crippen LogP contribution in [0.1, 0.15) is 40.3 Å². The Bertz CT molecular complexity index is 1030. The second-order valence-electron chi connectivity index (χ2n) is 7.14. The largest absolute Gasteiger partial charge is 0.352 e. The van der Waals surface area contributed by atoms with Crippen molar-refractivity contribution < 1.29 is 14.0 Å². The monoisotopic (exact) mass is 394 g/mol. The summed E-state index contributed by atoms with van der Waals surface area (Å²) in [6.45, 7) is 6.32. The van der Waals surface area contributed by atoms with Gasteiger partial charge in [0.1, 0.15) is 5.82 Å². The van der Waals surface area contributed by atoms with Crippen LogP contribution < -0.4 is 10.6 Å². The van der Waals surface area contributed by atoms with Gasteiger partial charge in [0.25, 0.3) is 11.8 Å². The number of nitrogens with zero attached hydrogens (tertiary/aromatic N) is 2. The van der Waals surface area contributed by atoms with E-state index in [0.29, 0.717) is 40.7 Å². The lowest BCUT2D eigenvalue weighted by atomic mass is 10.1. The van der Waals surface area contributed by atoms with E-state index in [9.17, 15) is 14.0 Å². The average Bonchev–Trinajstić information content (AvgIpc) is 3.08. The minimum Gasteiger partial charge on any atom is -0.352 e. The Labute approximate surface area is 168 Å². The van der Waals surface area contributed by atoms with Crippen LogP contribution in [0.3, 0.4) is 0 Å². The van der Waals surface area contributed by atoms with E-state index in [1.54, 1.807) is 48.0 Å². The maximum absolute atomic E-state index is 13.2. The number of carbonyl (C=O) groups is 2. The van der Waals surface area contributed by atoms with E-state index < -0.39 is 0 Å². The minimum absolute atomic E-state index is 0.242. The second-order valence-corrected chi connectivity index (χ2v) is 7.14. The Morgan fingerprint density at radius 1 is 1.03 bits per heavy atom. The first-order chi connectivity index (χ1) is 13.9. The molecule has 1 aromatic heterocycles. The number of hydrogen-bond acceptors (Lipinski definition) is 3. The molecule has 0 unspecified atom stereocenters. The number of anilines is 1. The Balaban J connectivity index is 1.81. The molecule has 0 fully saturated rings. The number of aromatic nitrogens is 2. The smallest absolute Gasteiger partial charge is 0.259 e. The highest BCUT2D eigenvalue weighted by molar-refractivity contribution is 6.09. The zero-order valence-corrected chi connectivity index (χ0v) is 16.6. The molecule has 0 aliphatic carbocycles. The van der Waals surface area contributed by atoms with Gasteiger partial charge in [-0.25, -0.2) is 9.07 Å². The number of rotatable bonds is 6. The molecule has 2 amide bonds. The molecule has 0 saturated carbocycles. The van der Waals surface area contributed by atoms with Crippen LogP contribution in [0.5, 0.6) is 0 Å². The van der Waals surface area contributed by atoms with Crippen LogP contribution in [0, 0.1) is 18.7 Å². The lowest BCUT2D eigenvalue weighted by Gasteiger charge is -2.12. The van der Waals surface area contributed by atoms with Gasteiger partial charge in [-0.15, -0.1) is 0 Å². The van der Waals surface area contributed by atoms with Crippen molar-refractivity contribution >= 4 is 17.5 Å². The number of para-hydroxylation sites is 1. The standard InChI is InChI=1S/C22H23FN4O2/c1-14(2)12-24-21(28)18-6-4-5-7-20(18)26-22(29)19-13-25-27(15(19)3)17-10-8-16(23)9-11-17/h4-11,13-14H,12H2,1-3H3,(H,24,28)(H,26,29). The topological polar surface area (TPSA) is 76.0 Å². The second kappa shape index (κ2) is 8.68. The van der Waals surface area contributed by atoms with Crippen LogP contribution in [0.25, 0.3) is 5.69 Å². The Morgan fingerprint density at radius 3 is 2.41 bits per heavy atom. The summed E-state index contributed by atoms with van der Waals surface area (Å²) in [6.07, 6.45) is 1.45. The molecular formula is C22H23FN4O2. The zero-order valence-electron chi connectivity index (χ0n) is 16.6. The molecule has 2 N–H and O–H groups in total. The van der Waals surface area contributed by atoms with Crippen LogP contribution in [0.15, 0.2) is 54.7 Å². The highest BCUT2D eigenvalue weighted by Crippen LogP contribution is 2.19. The molecule has 0 aliphatic rings. The maximum atomic E-state index is 13.2. The maximum Gasteiger partial charge on any atom is 0.259 e. The van der Waals surface area contributed by atoms with Crippen molar-refractivity contribution in [2.45, 2.75) is 20.8 Å². The van der Waals surface area contributed by atoms with E-state index in [2.05, 4.69) is 15.7 Å². The van der Waals surface area contributed by atoms with Gasteiger partial charge in [-0.3, -0.25) is 9.59 Å². The first-order valence-electron chi connectivity index (χ1n) is 9.36. The van der Waals surface area contributed by atoms with E-state index in [1.807, 2.05) is 13.8 Å². The molecular weight excluding hydrogens is 371 g/mol. The lowest BCUT2D eigenvalue weighted by molar-refractivity contribution is 0.0950. The van der Waals surface area contributed by atoms with Crippen molar-refractivity contribution in [3.8, 4) is 5.69 Å². The van der Waals surface area contributed by atoms with Gasteiger partial charge < -0.3 is 10.6 Å². The third-order valence-corrected chi connectivity index (χ3v) is 4.42. The van der Waals surface area contributed by atoms with Gasteiger partial charge in [0.15, 0.2) is 0 Å². The van der Waals surface area contributed by atoms with Gasteiger partial charge >= 0.3 is 0 Å². The fourth-order valence-electron chi connectivity index (χ4n) is 2.85. The molecule has 0 saturated heterocycles. The number of amides is 2. The summed E-state index contributed by atoms with van der Waals surface area (Å²) in [5.74, 6) is -0.641. The quantitative estimate of drug-likeness (QED) is 0.664. The molecule has 0 bridgehead atoms. The van der Waals surface area contributed by atoms with Gasteiger partial charge in [-0.05, 0) is 49.2 Å². The molecule has 2 aromatic carbocycles. The van der Waals surface area contributed by atoms with Gasteiger partial charge in [0.2, 0.25) is 0 Å². The highest BCUT2D eigenvalue weighted by atomic mass is 19.1. The molecule has 1 heterocycles. The minimum atomic E-state index is -0.375. The van der Waals surface area contributed by atoms with E-state index in [-0.39, 0.29) is 17.6 Å². The fraction of sp³-hybridized carbons (Fsp3) is 0.227. The summed E-state index contributed by atoms with van der Waals surface area (Å²) in [7, 11) is 0. The molecule has 3 rings (SSSR count). The molecule has 150 valence electrons. The van der Waals surface area contributed by atoms with Gasteiger partial charge in [0.05, 0.1) is 34.4 Å². The molecule has 3 aromatic rings. The Hall–Kier alpha value is -3.48. The van der Waals surface area contributed by atoms with Crippen molar-refractivity contribution in [2.24, 2.45) is 5.92 Å². The third-order valence-electron chi connectivity index (χ3n) is 4.42. The molecule has 6 nitrogen and oxygen atoms in total. The number of benzene rings is 2. The number of halogens is 1. The fourth-order valence-corrected chi connectivity index (χ4v) is 2.85. The van der Waals surface area contributed by atoms with Gasteiger partial charge in [0, 0.05) is 6.54 Å². The Kier molecular flexibility index (Phi) is 6.07. The average molecular weight is 394 g/mol. The SMILES string of the molecule is Cc1c(C(=O)Nc2ccccc2C(=O)NCC(C)C)cnn1-c1ccc(F)cc1. The molecule has 0 spiro atoms. The molecule has 0 radical (unpaired) electrons. The van der Waals surface area contributed by atoms with Crippen molar-refractivity contribution in [2.75, 3.05) is 11.9 Å². The summed E-state index contributed by atoms with van der Waals surface area (Å²) in [4.78, 5) is 25.3. The van der Waals surface area contributed by atoms with Crippen LogP contribution in [0.2, 0.25) is 0 Å². The van der Waals surface area contributed by atoms with E-state index in [0.717, 1.165) is 0 Å². The van der Waals surface area contributed by atoms with Gasteiger partial charge in [-0.2, -0.15) is 5.10 Å². The van der Waals surface area contributed by atoms with Crippen molar-refractivity contribution in [3.63, 3.8) is 0 Å². The number of nitrogens with one attached hydrogen (secondary N) is 2. The van der Waals surface area contributed by atoms with Gasteiger partial charge in [-0.1, -0.05) is 26.0 Å². The number of carbonyl (C=O) groups excluding carboxylic acids is 2. The summed E-state index contributed by atoms with van der Waals surface area (Å²) < 4.78 is 14.7. The van der Waals surface area contributed by atoms with Crippen molar-refractivity contribution in [1.82, 2.24) is 15.1 Å². The lowest BCUT2D eigenvalue weighted by Crippen LogP contribution is -2.28. The normalized spacial score (nSPS) is 10.8. The van der Waals surface area contributed by atoms with Crippen molar-refractivity contribution in [3.05, 3.63) is 77.4 Å². The molecule has 29 heavy (non-hydrogen) atoms. The molecule has 0 atom stereocenters. The highest BCUT2D eigenvalue weighted by Gasteiger charge is 2.18. The first kappa shape index (κ1) is 20.3. The predicted molar refractivity (Wildman–Crippen MR) is 110 cm³/mol. The van der Waals surface area contributed by atoms with Crippen molar-refractivity contribution in [1.29, 1.82) is 0 Å². The Morgan fingerprint density at radius 2 is 1.72 bits per heavy atom. The first-order valence-corrected chi connectivity index (χ1v) is 9.36. The molecule has 7 heteroatoms. The van der Waals surface area contributed by atoms with E-state index in [1.165, 1.54) is 18.3 Å². The van der Waals surface area contributed by atoms with Crippen LogP contribution in [-0.2, 0) is 0 Å². The third kappa shape index (κ3) is 4.68. The van der Waals surface area contributed by atoms with Crippen LogP contribution >= 0.6 is 0 Å². The summed E-state index contributed by atoms with van der Waals surface area (Å²) >= 11 is 0. The number of hydrogen-bond donors (Lipinski definition) is 2. The van der Waals surface area contributed by atoms with E-state index >= 15 is 0 Å². The van der Waals surface area contributed by atoms with Crippen LogP contribution in [0.4, 0.5) is 10.1 Å². The summed E-state index contributed by atoms with van der Waals surface area (Å²) in [5, 5.41) is 9.89. The zero-order chi connectivity index (χ0) is 21.0. The molecule has 0 aliphatic heterocycles. The van der Waals surface area contributed by atoms with Crippen LogP contribution in [-0.4, -0.2) is 28.1 Å².